The molecule has 0 aliphatic carbocycles. The normalized spacial score (nSPS) is 20.4. The van der Waals surface area contributed by atoms with Crippen LogP contribution in [0.15, 0.2) is 70.6 Å². The van der Waals surface area contributed by atoms with Gasteiger partial charge in [0.05, 0.1) is 31.6 Å². The van der Waals surface area contributed by atoms with Crippen LogP contribution in [0.5, 0.6) is 0 Å². The quantitative estimate of drug-likeness (QED) is 0.879. The Kier molecular flexibility index (Phi) is 3.58. The Morgan fingerprint density at radius 2 is 1.17 bits per heavy atom. The first-order valence-electron chi connectivity index (χ1n) is 8.38. The maximum atomic E-state index is 5.14. The van der Waals surface area contributed by atoms with Gasteiger partial charge in [-0.25, -0.2) is 0 Å². The van der Waals surface area contributed by atoms with Gasteiger partial charge in [-0.05, 0) is 0 Å². The lowest BCUT2D eigenvalue weighted by molar-refractivity contribution is -0.886. The average Bonchev–Trinajstić information content (AvgIpc) is 2.99. The van der Waals surface area contributed by atoms with E-state index in [1.165, 1.54) is 11.1 Å². The molecule has 0 unspecified atom stereocenters. The van der Waals surface area contributed by atoms with Gasteiger partial charge in [0.25, 0.3) is 0 Å². The molecule has 0 bridgehead atoms. The molecule has 3 heteroatoms. The first-order valence-corrected chi connectivity index (χ1v) is 8.38. The van der Waals surface area contributed by atoms with Gasteiger partial charge in [0, 0.05) is 24.0 Å². The van der Waals surface area contributed by atoms with Crippen LogP contribution in [0.4, 0.5) is 0 Å². The molecular formula is C20H22N3+. The van der Waals surface area contributed by atoms with Crippen molar-refractivity contribution in [2.75, 3.05) is 20.1 Å². The van der Waals surface area contributed by atoms with Gasteiger partial charge in [-0.1, -0.05) is 60.7 Å². The van der Waals surface area contributed by atoms with Crippen molar-refractivity contribution >= 4 is 11.4 Å². The highest BCUT2D eigenvalue weighted by Crippen LogP contribution is 2.31. The summed E-state index contributed by atoms with van der Waals surface area (Å²) in [5.74, 6) is 0. The van der Waals surface area contributed by atoms with Gasteiger partial charge in [-0.2, -0.15) is 0 Å². The second-order valence-electron chi connectivity index (χ2n) is 6.59. The number of hydrogen-bond acceptors (Lipinski definition) is 2. The third kappa shape index (κ3) is 2.73. The molecule has 2 aliphatic heterocycles. The van der Waals surface area contributed by atoms with Gasteiger partial charge in [-0.3, -0.25) is 9.98 Å². The molecule has 23 heavy (non-hydrogen) atoms. The van der Waals surface area contributed by atoms with Crippen molar-refractivity contribution in [1.29, 1.82) is 0 Å². The number of aliphatic imine (C=N–C) groups is 2. The molecule has 4 rings (SSSR count). The summed E-state index contributed by atoms with van der Waals surface area (Å²) in [6.07, 6.45) is 2.07. The summed E-state index contributed by atoms with van der Waals surface area (Å²) in [7, 11) is 2.26. The largest absolute Gasteiger partial charge is 0.337 e. The van der Waals surface area contributed by atoms with Crippen molar-refractivity contribution in [1.82, 2.24) is 0 Å². The average molecular weight is 304 g/mol. The molecule has 0 saturated carbocycles. The molecule has 0 amide bonds. The fourth-order valence-corrected chi connectivity index (χ4v) is 3.44. The molecule has 2 aromatic rings. The number of likely N-dealkylation sites (tertiary alicyclic amines) is 1. The molecule has 2 aliphatic rings. The topological polar surface area (TPSA) is 29.2 Å². The highest BCUT2D eigenvalue weighted by molar-refractivity contribution is 6.54. The monoisotopic (exact) mass is 304 g/mol. The summed E-state index contributed by atoms with van der Waals surface area (Å²) < 4.78 is 0. The van der Waals surface area contributed by atoms with Crippen LogP contribution >= 0.6 is 0 Å². The minimum absolute atomic E-state index is 0.240. The zero-order valence-corrected chi connectivity index (χ0v) is 13.5. The van der Waals surface area contributed by atoms with E-state index >= 15 is 0 Å². The molecular weight excluding hydrogens is 282 g/mol. The van der Waals surface area contributed by atoms with E-state index in [0.29, 0.717) is 0 Å². The van der Waals surface area contributed by atoms with Gasteiger partial charge in [0.2, 0.25) is 0 Å². The molecule has 1 saturated heterocycles. The van der Waals surface area contributed by atoms with E-state index in [0.717, 1.165) is 37.4 Å². The highest BCUT2D eigenvalue weighted by atomic mass is 15.2. The third-order valence-electron chi connectivity index (χ3n) is 4.86. The van der Waals surface area contributed by atoms with Crippen molar-refractivity contribution in [3.05, 3.63) is 71.8 Å². The lowest BCUT2D eigenvalue weighted by Crippen LogP contribution is -3.10. The molecule has 0 radical (unpaired) electrons. The maximum absolute atomic E-state index is 5.14. The van der Waals surface area contributed by atoms with Gasteiger partial charge in [0.1, 0.15) is 0 Å². The number of rotatable bonds is 2. The van der Waals surface area contributed by atoms with Gasteiger partial charge in [-0.15, -0.1) is 0 Å². The van der Waals surface area contributed by atoms with E-state index in [1.54, 1.807) is 4.90 Å². The number of quaternary nitrogens is 1. The van der Waals surface area contributed by atoms with Gasteiger partial charge < -0.3 is 4.90 Å². The van der Waals surface area contributed by atoms with Crippen LogP contribution in [-0.2, 0) is 0 Å². The Hall–Kier alpha value is -2.26. The predicted octanol–water partition coefficient (Wildman–Crippen LogP) is 1.98. The van der Waals surface area contributed by atoms with Crippen LogP contribution in [-0.4, -0.2) is 37.2 Å². The molecule has 0 aromatic heterocycles. The number of piperidine rings is 1. The summed E-state index contributed by atoms with van der Waals surface area (Å²) in [5, 5.41) is 0. The molecule has 2 heterocycles. The number of nitrogens with one attached hydrogen (secondary N) is 1. The Labute approximate surface area is 137 Å². The molecule has 0 atom stereocenters. The summed E-state index contributed by atoms with van der Waals surface area (Å²) in [4.78, 5) is 11.9. The molecule has 3 nitrogen and oxygen atoms in total. The van der Waals surface area contributed by atoms with E-state index in [2.05, 4.69) is 55.6 Å². The fraction of sp³-hybridized carbons (Fsp3) is 0.300. The molecule has 1 fully saturated rings. The molecule has 116 valence electrons. The third-order valence-corrected chi connectivity index (χ3v) is 4.86. The lowest BCUT2D eigenvalue weighted by atomic mass is 9.99. The molecule has 1 N–H and O–H groups in total. The first-order chi connectivity index (χ1) is 11.3. The molecule has 2 aromatic carbocycles. The summed E-state index contributed by atoms with van der Waals surface area (Å²) in [6.45, 7) is 2.27. The summed E-state index contributed by atoms with van der Waals surface area (Å²) >= 11 is 0. The fourth-order valence-electron chi connectivity index (χ4n) is 3.44. The van der Waals surface area contributed by atoms with E-state index in [4.69, 9.17) is 9.98 Å². The smallest absolute Gasteiger partial charge is 0.162 e. The van der Waals surface area contributed by atoms with E-state index < -0.39 is 0 Å². The zero-order valence-electron chi connectivity index (χ0n) is 13.5. The summed E-state index contributed by atoms with van der Waals surface area (Å²) in [5.41, 5.74) is 4.19. The minimum Gasteiger partial charge on any atom is -0.337 e. The van der Waals surface area contributed by atoms with Crippen LogP contribution < -0.4 is 4.90 Å². The standard InChI is InChI=1S/C20H21N3/c1-23-14-12-20(13-15-23)21-18(16-8-4-2-5-9-16)19(22-20)17-10-6-3-7-11-17/h2-11H,12-15H2,1H3/p+1. The second kappa shape index (κ2) is 5.74. The van der Waals surface area contributed by atoms with Crippen LogP contribution in [0.3, 0.4) is 0 Å². The minimum atomic E-state index is -0.240. The van der Waals surface area contributed by atoms with Crippen LogP contribution in [0, 0.1) is 0 Å². The Morgan fingerprint density at radius 3 is 1.61 bits per heavy atom. The predicted molar refractivity (Wildman–Crippen MR) is 94.5 cm³/mol. The number of nitrogens with zero attached hydrogens (tertiary/aromatic N) is 2. The van der Waals surface area contributed by atoms with Crippen LogP contribution in [0.1, 0.15) is 24.0 Å². The highest BCUT2D eigenvalue weighted by Gasteiger charge is 2.40. The molecule has 1 spiro atoms. The van der Waals surface area contributed by atoms with Gasteiger partial charge >= 0.3 is 0 Å². The van der Waals surface area contributed by atoms with Gasteiger partial charge in [0.15, 0.2) is 5.66 Å². The summed E-state index contributed by atoms with van der Waals surface area (Å²) in [6, 6.07) is 20.9. The second-order valence-corrected chi connectivity index (χ2v) is 6.59. The maximum Gasteiger partial charge on any atom is 0.162 e. The zero-order chi connectivity index (χ0) is 15.7. The Balaban J connectivity index is 1.80. The van der Waals surface area contributed by atoms with E-state index in [9.17, 15) is 0 Å². The van der Waals surface area contributed by atoms with E-state index in [-0.39, 0.29) is 5.66 Å². The van der Waals surface area contributed by atoms with Crippen molar-refractivity contribution in [3.63, 3.8) is 0 Å². The van der Waals surface area contributed by atoms with Crippen LogP contribution in [0.25, 0.3) is 0 Å². The first kappa shape index (κ1) is 14.3. The Bertz CT molecular complexity index is 681. The Morgan fingerprint density at radius 1 is 0.739 bits per heavy atom. The van der Waals surface area contributed by atoms with Crippen molar-refractivity contribution in [2.45, 2.75) is 18.5 Å². The SMILES string of the molecule is C[NH+]1CCC2(CC1)N=C(c1ccccc1)C(c1ccccc1)=N2. The van der Waals surface area contributed by atoms with Crippen molar-refractivity contribution in [2.24, 2.45) is 9.98 Å². The van der Waals surface area contributed by atoms with Crippen LogP contribution in [0.2, 0.25) is 0 Å². The lowest BCUT2D eigenvalue weighted by Gasteiger charge is -2.30. The van der Waals surface area contributed by atoms with Crippen molar-refractivity contribution < 1.29 is 4.90 Å². The van der Waals surface area contributed by atoms with Crippen molar-refractivity contribution in [3.8, 4) is 0 Å². The number of benzene rings is 2. The number of hydrogen-bond donors (Lipinski definition) is 1. The van der Waals surface area contributed by atoms with E-state index in [1.807, 2.05) is 12.1 Å².